The molecule has 0 radical (unpaired) electrons. The summed E-state index contributed by atoms with van der Waals surface area (Å²) >= 11 is 4.02. The number of carbonyl (C=O) groups excluding carboxylic acids is 2. The number of phenolic OH excluding ortho intramolecular Hbond substituents is 1. The summed E-state index contributed by atoms with van der Waals surface area (Å²) in [6.07, 6.45) is 3.08. The molecule has 2 rings (SSSR count). The third-order valence-corrected chi connectivity index (χ3v) is 4.27. The zero-order chi connectivity index (χ0) is 14.9. The maximum Gasteiger partial charge on any atom is 0.329 e. The molecule has 0 aliphatic carbocycles. The normalized spacial score (nSPS) is 16.7. The fourth-order valence-electron chi connectivity index (χ4n) is 1.70. The van der Waals surface area contributed by atoms with Crippen LogP contribution >= 0.6 is 45.2 Å². The van der Waals surface area contributed by atoms with E-state index in [1.807, 2.05) is 45.2 Å². The highest BCUT2D eigenvalue weighted by Gasteiger charge is 2.32. The molecule has 1 heterocycles. The second-order valence-electron chi connectivity index (χ2n) is 4.03. The van der Waals surface area contributed by atoms with Gasteiger partial charge in [0.15, 0.2) is 0 Å². The van der Waals surface area contributed by atoms with Crippen molar-refractivity contribution in [3.63, 3.8) is 0 Å². The van der Waals surface area contributed by atoms with Gasteiger partial charge in [0.1, 0.15) is 11.4 Å². The van der Waals surface area contributed by atoms with Gasteiger partial charge in [-0.15, -0.1) is 6.58 Å². The molecule has 0 atom stereocenters. The van der Waals surface area contributed by atoms with E-state index < -0.39 is 6.03 Å². The van der Waals surface area contributed by atoms with E-state index in [1.165, 1.54) is 6.08 Å². The van der Waals surface area contributed by atoms with Crippen molar-refractivity contribution >= 4 is 63.2 Å². The molecule has 0 saturated carbocycles. The zero-order valence-electron chi connectivity index (χ0n) is 10.2. The zero-order valence-corrected chi connectivity index (χ0v) is 14.5. The van der Waals surface area contributed by atoms with E-state index in [4.69, 9.17) is 0 Å². The summed E-state index contributed by atoms with van der Waals surface area (Å²) in [5.74, 6) is -0.170. The highest BCUT2D eigenvalue weighted by atomic mass is 127. The molecule has 1 aromatic rings. The van der Waals surface area contributed by atoms with Crippen LogP contribution in [-0.4, -0.2) is 28.5 Å². The Hall–Kier alpha value is -1.10. The molecular formula is C13H10I2N2O3. The maximum absolute atomic E-state index is 12.0. The summed E-state index contributed by atoms with van der Waals surface area (Å²) in [5, 5.41) is 12.2. The third-order valence-electron chi connectivity index (χ3n) is 2.62. The van der Waals surface area contributed by atoms with Gasteiger partial charge >= 0.3 is 6.03 Å². The van der Waals surface area contributed by atoms with Crippen molar-refractivity contribution in [1.82, 2.24) is 10.2 Å². The van der Waals surface area contributed by atoms with E-state index in [9.17, 15) is 14.7 Å². The number of aromatic hydroxyl groups is 1. The summed E-state index contributed by atoms with van der Waals surface area (Å²) in [7, 11) is 0. The molecule has 5 nitrogen and oxygen atoms in total. The molecule has 0 aromatic heterocycles. The Bertz CT molecular complexity index is 617. The number of carbonyl (C=O) groups is 2. The van der Waals surface area contributed by atoms with Gasteiger partial charge in [0.25, 0.3) is 5.91 Å². The molecule has 1 aliphatic heterocycles. The Morgan fingerprint density at radius 3 is 2.45 bits per heavy atom. The first-order chi connectivity index (χ1) is 9.43. The monoisotopic (exact) mass is 496 g/mol. The lowest BCUT2D eigenvalue weighted by Crippen LogP contribution is -2.30. The SMILES string of the molecule is C=CCN1C(=O)N/C(=C/c2cc(I)c(O)c(I)c2)C1=O. The first kappa shape index (κ1) is 15.3. The molecule has 1 aliphatic rings. The number of rotatable bonds is 3. The number of nitrogens with one attached hydrogen (secondary N) is 1. The smallest absolute Gasteiger partial charge is 0.329 e. The van der Waals surface area contributed by atoms with E-state index in [2.05, 4.69) is 11.9 Å². The van der Waals surface area contributed by atoms with Crippen molar-refractivity contribution in [2.45, 2.75) is 0 Å². The molecule has 3 amide bonds. The minimum absolute atomic E-state index is 0.173. The summed E-state index contributed by atoms with van der Waals surface area (Å²) in [5.41, 5.74) is 0.954. The van der Waals surface area contributed by atoms with Gasteiger partial charge < -0.3 is 10.4 Å². The minimum Gasteiger partial charge on any atom is -0.506 e. The van der Waals surface area contributed by atoms with Gasteiger partial charge in [0.2, 0.25) is 0 Å². The molecule has 2 N–H and O–H groups in total. The minimum atomic E-state index is -0.454. The number of hydrogen-bond donors (Lipinski definition) is 2. The predicted octanol–water partition coefficient (Wildman–Crippen LogP) is 2.68. The van der Waals surface area contributed by atoms with Gasteiger partial charge in [-0.1, -0.05) is 6.08 Å². The van der Waals surface area contributed by atoms with Crippen molar-refractivity contribution in [2.75, 3.05) is 6.54 Å². The predicted molar refractivity (Wildman–Crippen MR) is 92.0 cm³/mol. The number of urea groups is 1. The van der Waals surface area contributed by atoms with Gasteiger partial charge in [0, 0.05) is 6.54 Å². The summed E-state index contributed by atoms with van der Waals surface area (Å²) in [6, 6.07) is 3.02. The molecule has 0 bridgehead atoms. The molecule has 20 heavy (non-hydrogen) atoms. The maximum atomic E-state index is 12.0. The fourth-order valence-corrected chi connectivity index (χ4v) is 3.52. The Labute approximate surface area is 143 Å². The molecule has 7 heteroatoms. The average molecular weight is 496 g/mol. The van der Waals surface area contributed by atoms with Gasteiger partial charge in [-0.3, -0.25) is 9.69 Å². The first-order valence-corrected chi connectivity index (χ1v) is 7.73. The number of nitrogens with zero attached hydrogens (tertiary/aromatic N) is 1. The summed E-state index contributed by atoms with van der Waals surface area (Å²) in [6.45, 7) is 3.69. The molecule has 0 spiro atoms. The van der Waals surface area contributed by atoms with E-state index >= 15 is 0 Å². The van der Waals surface area contributed by atoms with Crippen LogP contribution < -0.4 is 5.32 Å². The van der Waals surface area contributed by atoms with Crippen LogP contribution in [0.2, 0.25) is 0 Å². The molecule has 1 fully saturated rings. The standard InChI is InChI=1S/C13H10I2N2O3/c1-2-3-17-12(19)10(16-13(17)20)6-7-4-8(14)11(18)9(15)5-7/h2,4-6,18H,1,3H2,(H,16,20)/b10-6+. The van der Waals surface area contributed by atoms with Crippen LogP contribution in [0.25, 0.3) is 6.08 Å². The number of imide groups is 1. The van der Waals surface area contributed by atoms with Crippen LogP contribution in [-0.2, 0) is 4.79 Å². The van der Waals surface area contributed by atoms with Crippen molar-refractivity contribution in [3.05, 3.63) is 43.2 Å². The van der Waals surface area contributed by atoms with E-state index in [0.29, 0.717) is 7.14 Å². The topological polar surface area (TPSA) is 69.6 Å². The molecular weight excluding hydrogens is 486 g/mol. The van der Waals surface area contributed by atoms with Crippen LogP contribution in [0, 0.1) is 7.14 Å². The van der Waals surface area contributed by atoms with Crippen molar-refractivity contribution in [2.24, 2.45) is 0 Å². The van der Waals surface area contributed by atoms with Crippen molar-refractivity contribution in [3.8, 4) is 5.75 Å². The van der Waals surface area contributed by atoms with Crippen LogP contribution in [0.3, 0.4) is 0 Å². The molecule has 1 aromatic carbocycles. The lowest BCUT2D eigenvalue weighted by atomic mass is 10.2. The van der Waals surface area contributed by atoms with E-state index in [0.717, 1.165) is 10.5 Å². The van der Waals surface area contributed by atoms with Crippen molar-refractivity contribution in [1.29, 1.82) is 0 Å². The van der Waals surface area contributed by atoms with Gasteiger partial charge in [-0.25, -0.2) is 4.79 Å². The Balaban J connectivity index is 2.35. The molecule has 104 valence electrons. The fraction of sp³-hybridized carbons (Fsp3) is 0.0769. The molecule has 0 unspecified atom stereocenters. The quantitative estimate of drug-likeness (QED) is 0.293. The number of amides is 3. The third kappa shape index (κ3) is 2.97. The number of phenols is 1. The summed E-state index contributed by atoms with van der Waals surface area (Å²) in [4.78, 5) is 24.7. The Morgan fingerprint density at radius 2 is 1.90 bits per heavy atom. The lowest BCUT2D eigenvalue weighted by Gasteiger charge is -2.07. The lowest BCUT2D eigenvalue weighted by molar-refractivity contribution is -0.122. The average Bonchev–Trinajstić information content (AvgIpc) is 2.64. The number of hydrogen-bond acceptors (Lipinski definition) is 3. The van der Waals surface area contributed by atoms with Gasteiger partial charge in [0.05, 0.1) is 7.14 Å². The highest BCUT2D eigenvalue weighted by Crippen LogP contribution is 2.28. The number of benzene rings is 1. The number of halogens is 2. The molecule has 1 saturated heterocycles. The Morgan fingerprint density at radius 1 is 1.30 bits per heavy atom. The van der Waals surface area contributed by atoms with Crippen LogP contribution in [0.15, 0.2) is 30.5 Å². The second kappa shape index (κ2) is 6.12. The largest absolute Gasteiger partial charge is 0.506 e. The summed E-state index contributed by atoms with van der Waals surface area (Å²) < 4.78 is 1.36. The van der Waals surface area contributed by atoms with Crippen molar-refractivity contribution < 1.29 is 14.7 Å². The van der Waals surface area contributed by atoms with Gasteiger partial charge in [-0.05, 0) is 69.0 Å². The van der Waals surface area contributed by atoms with Crippen LogP contribution in [0.5, 0.6) is 5.75 Å². The van der Waals surface area contributed by atoms with E-state index in [1.54, 1.807) is 18.2 Å². The van der Waals surface area contributed by atoms with E-state index in [-0.39, 0.29) is 23.9 Å². The van der Waals surface area contributed by atoms with Gasteiger partial charge in [-0.2, -0.15) is 0 Å². The Kier molecular flexibility index (Phi) is 4.68. The first-order valence-electron chi connectivity index (χ1n) is 5.57. The highest BCUT2D eigenvalue weighted by molar-refractivity contribution is 14.1. The van der Waals surface area contributed by atoms with Crippen LogP contribution in [0.1, 0.15) is 5.56 Å². The second-order valence-corrected chi connectivity index (χ2v) is 6.35. The van der Waals surface area contributed by atoms with Crippen LogP contribution in [0.4, 0.5) is 4.79 Å².